The van der Waals surface area contributed by atoms with Crippen molar-refractivity contribution < 1.29 is 0 Å². The van der Waals surface area contributed by atoms with Crippen molar-refractivity contribution in [3.8, 4) is 0 Å². The summed E-state index contributed by atoms with van der Waals surface area (Å²) in [6.07, 6.45) is 3.88. The summed E-state index contributed by atoms with van der Waals surface area (Å²) in [5.74, 6) is 0. The molecule has 1 unspecified atom stereocenters. The molecular weight excluding hydrogens is 230 g/mol. The molecular formula is C13H21N3S. The number of nitrogens with one attached hydrogen (secondary N) is 1. The van der Waals surface area contributed by atoms with Gasteiger partial charge in [-0.25, -0.2) is 9.97 Å². The molecule has 1 aromatic rings. The fourth-order valence-corrected chi connectivity index (χ4v) is 3.19. The van der Waals surface area contributed by atoms with Crippen molar-refractivity contribution in [2.75, 3.05) is 13.1 Å². The quantitative estimate of drug-likeness (QED) is 0.820. The van der Waals surface area contributed by atoms with Crippen molar-refractivity contribution in [1.29, 1.82) is 0 Å². The molecule has 0 bridgehead atoms. The van der Waals surface area contributed by atoms with Crippen molar-refractivity contribution in [3.05, 3.63) is 17.0 Å². The highest BCUT2D eigenvalue weighted by atomic mass is 32.2. The van der Waals surface area contributed by atoms with Gasteiger partial charge in [-0.1, -0.05) is 18.2 Å². The first-order valence-electron chi connectivity index (χ1n) is 6.36. The highest BCUT2D eigenvalue weighted by molar-refractivity contribution is 7.99. The third-order valence-electron chi connectivity index (χ3n) is 3.39. The highest BCUT2D eigenvalue weighted by Crippen LogP contribution is 2.25. The van der Waals surface area contributed by atoms with Crippen LogP contribution in [0.15, 0.2) is 5.16 Å². The number of hydrogen-bond donors (Lipinski definition) is 1. The Morgan fingerprint density at radius 2 is 1.82 bits per heavy atom. The Morgan fingerprint density at radius 1 is 1.12 bits per heavy atom. The van der Waals surface area contributed by atoms with Gasteiger partial charge in [-0.15, -0.1) is 0 Å². The highest BCUT2D eigenvalue weighted by Gasteiger charge is 2.15. The average molecular weight is 251 g/mol. The van der Waals surface area contributed by atoms with Crippen molar-refractivity contribution in [3.63, 3.8) is 0 Å². The summed E-state index contributed by atoms with van der Waals surface area (Å²) in [5.41, 5.74) is 3.44. The van der Waals surface area contributed by atoms with E-state index in [0.717, 1.165) is 29.6 Å². The lowest BCUT2D eigenvalue weighted by molar-refractivity contribution is 0.706. The summed E-state index contributed by atoms with van der Waals surface area (Å²) in [4.78, 5) is 9.16. The topological polar surface area (TPSA) is 37.8 Å². The van der Waals surface area contributed by atoms with Crippen LogP contribution < -0.4 is 5.32 Å². The van der Waals surface area contributed by atoms with Crippen LogP contribution in [-0.2, 0) is 0 Å². The van der Waals surface area contributed by atoms with Crippen molar-refractivity contribution in [1.82, 2.24) is 15.3 Å². The van der Waals surface area contributed by atoms with E-state index in [4.69, 9.17) is 0 Å². The van der Waals surface area contributed by atoms with Crippen LogP contribution in [0.4, 0.5) is 0 Å². The van der Waals surface area contributed by atoms with Crippen LogP contribution in [0.25, 0.3) is 0 Å². The summed E-state index contributed by atoms with van der Waals surface area (Å²) in [6.45, 7) is 8.47. The van der Waals surface area contributed by atoms with Gasteiger partial charge in [-0.3, -0.25) is 0 Å². The lowest BCUT2D eigenvalue weighted by Crippen LogP contribution is -2.22. The van der Waals surface area contributed by atoms with E-state index in [2.05, 4.69) is 36.1 Å². The van der Waals surface area contributed by atoms with Crippen molar-refractivity contribution in [2.45, 2.75) is 50.4 Å². The zero-order chi connectivity index (χ0) is 12.3. The SMILES string of the molecule is Cc1nc(SC2CCCCNC2)nc(C)c1C. The van der Waals surface area contributed by atoms with Crippen LogP contribution in [0.1, 0.15) is 36.2 Å². The molecule has 4 heteroatoms. The Labute approximate surface area is 108 Å². The molecule has 0 saturated carbocycles. The van der Waals surface area contributed by atoms with E-state index in [1.165, 1.54) is 24.8 Å². The number of hydrogen-bond acceptors (Lipinski definition) is 4. The van der Waals surface area contributed by atoms with Gasteiger partial charge in [0.1, 0.15) is 0 Å². The average Bonchev–Trinajstić information content (AvgIpc) is 2.54. The first-order chi connectivity index (χ1) is 8.16. The van der Waals surface area contributed by atoms with E-state index < -0.39 is 0 Å². The largest absolute Gasteiger partial charge is 0.316 e. The van der Waals surface area contributed by atoms with Crippen molar-refractivity contribution in [2.24, 2.45) is 0 Å². The van der Waals surface area contributed by atoms with Crippen LogP contribution in [0.5, 0.6) is 0 Å². The first kappa shape index (κ1) is 12.8. The minimum atomic E-state index is 0.624. The van der Waals surface area contributed by atoms with Crippen LogP contribution in [0, 0.1) is 20.8 Å². The van der Waals surface area contributed by atoms with Gasteiger partial charge in [0.15, 0.2) is 5.16 Å². The maximum Gasteiger partial charge on any atom is 0.188 e. The zero-order valence-corrected chi connectivity index (χ0v) is 11.7. The molecule has 94 valence electrons. The molecule has 0 aromatic carbocycles. The Balaban J connectivity index is 2.07. The monoisotopic (exact) mass is 251 g/mol. The van der Waals surface area contributed by atoms with Crippen molar-refractivity contribution >= 4 is 11.8 Å². The Morgan fingerprint density at radius 3 is 2.53 bits per heavy atom. The lowest BCUT2D eigenvalue weighted by Gasteiger charge is -2.13. The fourth-order valence-electron chi connectivity index (χ4n) is 2.03. The molecule has 0 aliphatic carbocycles. The molecule has 2 rings (SSSR count). The van der Waals surface area contributed by atoms with E-state index >= 15 is 0 Å². The number of aromatic nitrogens is 2. The molecule has 0 radical (unpaired) electrons. The van der Waals surface area contributed by atoms with Gasteiger partial charge in [0.2, 0.25) is 0 Å². The fraction of sp³-hybridized carbons (Fsp3) is 0.692. The van der Waals surface area contributed by atoms with Gasteiger partial charge in [0.25, 0.3) is 0 Å². The Kier molecular flexibility index (Phi) is 4.40. The summed E-state index contributed by atoms with van der Waals surface area (Å²) in [6, 6.07) is 0. The molecule has 17 heavy (non-hydrogen) atoms. The van der Waals surface area contributed by atoms with E-state index in [9.17, 15) is 0 Å². The Hall–Kier alpha value is -0.610. The smallest absolute Gasteiger partial charge is 0.188 e. The third kappa shape index (κ3) is 3.42. The lowest BCUT2D eigenvalue weighted by atomic mass is 10.2. The minimum Gasteiger partial charge on any atom is -0.316 e. The van der Waals surface area contributed by atoms with Crippen LogP contribution in [0.2, 0.25) is 0 Å². The molecule has 3 nitrogen and oxygen atoms in total. The molecule has 2 heterocycles. The zero-order valence-electron chi connectivity index (χ0n) is 10.9. The van der Waals surface area contributed by atoms with Gasteiger partial charge >= 0.3 is 0 Å². The van der Waals surface area contributed by atoms with Crippen LogP contribution in [0.3, 0.4) is 0 Å². The second-order valence-corrected chi connectivity index (χ2v) is 6.01. The van der Waals surface area contributed by atoms with Gasteiger partial charge in [0.05, 0.1) is 0 Å². The molecule has 1 N–H and O–H groups in total. The normalized spacial score (nSPS) is 21.2. The van der Waals surface area contributed by atoms with Gasteiger partial charge in [0, 0.05) is 23.2 Å². The predicted molar refractivity (Wildman–Crippen MR) is 72.6 cm³/mol. The standard InChI is InChI=1S/C13H21N3S/c1-9-10(2)15-13(16-11(9)3)17-12-6-4-5-7-14-8-12/h12,14H,4-8H2,1-3H3. The molecule has 1 saturated heterocycles. The molecule has 1 atom stereocenters. The van der Waals surface area contributed by atoms with Gasteiger partial charge in [-0.05, 0) is 45.7 Å². The molecule has 1 aliphatic heterocycles. The predicted octanol–water partition coefficient (Wildman–Crippen LogP) is 2.64. The van der Waals surface area contributed by atoms with Gasteiger partial charge < -0.3 is 5.32 Å². The van der Waals surface area contributed by atoms with E-state index in [1.54, 1.807) is 0 Å². The molecule has 1 aliphatic rings. The molecule has 1 aromatic heterocycles. The number of nitrogens with zero attached hydrogens (tertiary/aromatic N) is 2. The first-order valence-corrected chi connectivity index (χ1v) is 7.24. The maximum atomic E-state index is 4.58. The second-order valence-electron chi connectivity index (χ2n) is 4.74. The van der Waals surface area contributed by atoms with Crippen LogP contribution in [-0.4, -0.2) is 28.3 Å². The molecule has 0 amide bonds. The van der Waals surface area contributed by atoms with Crippen LogP contribution >= 0.6 is 11.8 Å². The third-order valence-corrected chi connectivity index (χ3v) is 4.51. The maximum absolute atomic E-state index is 4.58. The Bertz CT molecular complexity index is 361. The number of aryl methyl sites for hydroxylation is 2. The molecule has 0 spiro atoms. The second kappa shape index (κ2) is 5.83. The summed E-state index contributed by atoms with van der Waals surface area (Å²) >= 11 is 1.83. The summed E-state index contributed by atoms with van der Waals surface area (Å²) in [5, 5.41) is 5.05. The summed E-state index contributed by atoms with van der Waals surface area (Å²) in [7, 11) is 0. The van der Waals surface area contributed by atoms with E-state index in [0.29, 0.717) is 5.25 Å². The summed E-state index contributed by atoms with van der Waals surface area (Å²) < 4.78 is 0. The van der Waals surface area contributed by atoms with E-state index in [-0.39, 0.29) is 0 Å². The van der Waals surface area contributed by atoms with E-state index in [1.807, 2.05) is 11.8 Å². The minimum absolute atomic E-state index is 0.624. The van der Waals surface area contributed by atoms with Gasteiger partial charge in [-0.2, -0.15) is 0 Å². The number of rotatable bonds is 2. The number of thioether (sulfide) groups is 1. The molecule has 1 fully saturated rings.